The zero-order chi connectivity index (χ0) is 35.4. The zero-order valence-corrected chi connectivity index (χ0v) is 27.7. The number of amides is 1. The number of carbonyl (C=O) groups excluding carboxylic acids is 2. The number of imidazole rings is 1. The maximum Gasteiger partial charge on any atom is 0.374 e. The summed E-state index contributed by atoms with van der Waals surface area (Å²) < 4.78 is 8.02. The van der Waals surface area contributed by atoms with E-state index in [9.17, 15) is 14.4 Å². The smallest absolute Gasteiger partial charge is 0.374 e. The van der Waals surface area contributed by atoms with Gasteiger partial charge in [0.1, 0.15) is 18.7 Å². The molecule has 9 nitrogen and oxygen atoms in total. The van der Waals surface area contributed by atoms with Crippen LogP contribution in [0.3, 0.4) is 0 Å². The molecule has 0 bridgehead atoms. The summed E-state index contributed by atoms with van der Waals surface area (Å²) in [6.07, 6.45) is 1.69. The Morgan fingerprint density at radius 2 is 1.22 bits per heavy atom. The topological polar surface area (TPSA) is 137 Å². The maximum atomic E-state index is 14.5. The fourth-order valence-corrected chi connectivity index (χ4v) is 7.16. The molecular formula is C42H36N4O5. The normalized spacial score (nSPS) is 12.8. The highest BCUT2D eigenvalue weighted by Crippen LogP contribution is 2.45. The zero-order valence-electron chi connectivity index (χ0n) is 27.7. The molecule has 0 unspecified atom stereocenters. The van der Waals surface area contributed by atoms with Crippen LogP contribution in [0.25, 0.3) is 11.1 Å². The minimum Gasteiger partial charge on any atom is -0.480 e. The van der Waals surface area contributed by atoms with Gasteiger partial charge in [0.15, 0.2) is 0 Å². The number of nitrogens with zero attached hydrogens (tertiary/aromatic N) is 2. The number of fused-ring (bicyclic) bond motifs is 3. The minimum absolute atomic E-state index is 0.0271. The van der Waals surface area contributed by atoms with Crippen LogP contribution < -0.4 is 11.1 Å². The first kappa shape index (κ1) is 33.2. The van der Waals surface area contributed by atoms with Crippen LogP contribution >= 0.6 is 0 Å². The number of carbonyl (C=O) groups is 3. The van der Waals surface area contributed by atoms with Gasteiger partial charge < -0.3 is 25.5 Å². The highest BCUT2D eigenvalue weighted by atomic mass is 16.5. The predicted molar refractivity (Wildman–Crippen MR) is 193 cm³/mol. The van der Waals surface area contributed by atoms with Crippen LogP contribution in [0.2, 0.25) is 0 Å². The molecule has 1 aromatic heterocycles. The summed E-state index contributed by atoms with van der Waals surface area (Å²) in [4.78, 5) is 43.2. The Morgan fingerprint density at radius 3 is 1.71 bits per heavy atom. The molecule has 254 valence electrons. The number of hydrogen-bond acceptors (Lipinski definition) is 6. The lowest BCUT2D eigenvalue weighted by Crippen LogP contribution is -2.43. The van der Waals surface area contributed by atoms with E-state index in [4.69, 9.17) is 20.6 Å². The lowest BCUT2D eigenvalue weighted by Gasteiger charge is -2.38. The molecule has 7 rings (SSSR count). The summed E-state index contributed by atoms with van der Waals surface area (Å²) in [5.41, 5.74) is 12.5. The van der Waals surface area contributed by atoms with Gasteiger partial charge in [-0.05, 0) is 38.9 Å². The Kier molecular flexibility index (Phi) is 9.28. The summed E-state index contributed by atoms with van der Waals surface area (Å²) in [5, 5.41) is 11.4. The standard InChI is InChI=1S/C42H36N4O5/c43-37(40(49)44-25-38(47)48)24-31-26-46(42(28-14-4-1-5-15-28,29-16-6-2-7-17-29)30-18-8-3-9-19-30)39(45-31)41(50)51-27-36-34-22-12-10-20-32(34)33-21-11-13-23-35(33)36/h1-23,26,36-37H,24-25,27,43H2,(H,44,49)(H,47,48)/t37-/m0/s1. The summed E-state index contributed by atoms with van der Waals surface area (Å²) in [7, 11) is 0. The lowest BCUT2D eigenvalue weighted by atomic mass is 9.76. The largest absolute Gasteiger partial charge is 0.480 e. The molecular weight excluding hydrogens is 640 g/mol. The van der Waals surface area contributed by atoms with Gasteiger partial charge in [-0.15, -0.1) is 0 Å². The number of esters is 1. The fraction of sp³-hybridized carbons (Fsp3) is 0.143. The van der Waals surface area contributed by atoms with Crippen molar-refractivity contribution < 1.29 is 24.2 Å². The van der Waals surface area contributed by atoms with Gasteiger partial charge in [-0.1, -0.05) is 140 Å². The fourth-order valence-electron chi connectivity index (χ4n) is 7.16. The van der Waals surface area contributed by atoms with Gasteiger partial charge in [0.05, 0.1) is 11.7 Å². The minimum atomic E-state index is -1.18. The van der Waals surface area contributed by atoms with Crippen LogP contribution in [-0.4, -0.2) is 51.7 Å². The van der Waals surface area contributed by atoms with Crippen molar-refractivity contribution in [3.05, 3.63) is 185 Å². The number of rotatable bonds is 12. The van der Waals surface area contributed by atoms with Gasteiger partial charge in [0, 0.05) is 18.5 Å². The van der Waals surface area contributed by atoms with E-state index >= 15 is 0 Å². The van der Waals surface area contributed by atoms with E-state index < -0.39 is 36.0 Å². The van der Waals surface area contributed by atoms with Crippen LogP contribution in [0.5, 0.6) is 0 Å². The monoisotopic (exact) mass is 676 g/mol. The van der Waals surface area contributed by atoms with Crippen molar-refractivity contribution in [3.63, 3.8) is 0 Å². The van der Waals surface area contributed by atoms with Crippen LogP contribution in [0.4, 0.5) is 0 Å². The molecule has 1 amide bonds. The van der Waals surface area contributed by atoms with Crippen LogP contribution in [-0.2, 0) is 26.3 Å². The second kappa shape index (κ2) is 14.3. The molecule has 9 heteroatoms. The van der Waals surface area contributed by atoms with Crippen molar-refractivity contribution in [1.82, 2.24) is 14.9 Å². The van der Waals surface area contributed by atoms with Crippen LogP contribution in [0.15, 0.2) is 146 Å². The third-order valence-electron chi connectivity index (χ3n) is 9.40. The lowest BCUT2D eigenvalue weighted by molar-refractivity contribution is -0.138. The number of aliphatic carboxylic acids is 1. The Labute approximate surface area is 295 Å². The number of hydrogen-bond donors (Lipinski definition) is 3. The second-order valence-corrected chi connectivity index (χ2v) is 12.5. The number of nitrogens with one attached hydrogen (secondary N) is 1. The maximum absolute atomic E-state index is 14.5. The van der Waals surface area contributed by atoms with Crippen molar-refractivity contribution in [1.29, 1.82) is 0 Å². The van der Waals surface area contributed by atoms with E-state index in [1.165, 1.54) is 0 Å². The molecule has 1 heterocycles. The van der Waals surface area contributed by atoms with E-state index in [0.29, 0.717) is 5.69 Å². The van der Waals surface area contributed by atoms with E-state index in [2.05, 4.69) is 29.6 Å². The summed E-state index contributed by atoms with van der Waals surface area (Å²) in [5.74, 6) is -2.61. The third-order valence-corrected chi connectivity index (χ3v) is 9.40. The molecule has 0 fully saturated rings. The first-order valence-corrected chi connectivity index (χ1v) is 16.7. The van der Waals surface area contributed by atoms with Crippen molar-refractivity contribution in [2.24, 2.45) is 5.73 Å². The van der Waals surface area contributed by atoms with Gasteiger partial charge in [-0.2, -0.15) is 0 Å². The number of aromatic nitrogens is 2. The molecule has 1 aliphatic carbocycles. The van der Waals surface area contributed by atoms with Crippen LogP contribution in [0.1, 0.15) is 50.0 Å². The number of ether oxygens (including phenoxy) is 1. The number of carboxylic acids is 1. The van der Waals surface area contributed by atoms with Crippen LogP contribution in [0, 0.1) is 0 Å². The first-order chi connectivity index (χ1) is 24.9. The second-order valence-electron chi connectivity index (χ2n) is 12.5. The molecule has 1 aliphatic rings. The van der Waals surface area contributed by atoms with Gasteiger partial charge >= 0.3 is 11.9 Å². The highest BCUT2D eigenvalue weighted by molar-refractivity contribution is 5.87. The van der Waals surface area contributed by atoms with Crippen molar-refractivity contribution in [2.45, 2.75) is 23.9 Å². The van der Waals surface area contributed by atoms with Crippen molar-refractivity contribution in [2.75, 3.05) is 13.2 Å². The van der Waals surface area contributed by atoms with E-state index in [0.717, 1.165) is 38.9 Å². The Hall–Kier alpha value is -6.32. The first-order valence-electron chi connectivity index (χ1n) is 16.7. The molecule has 51 heavy (non-hydrogen) atoms. The average molecular weight is 677 g/mol. The van der Waals surface area contributed by atoms with E-state index in [-0.39, 0.29) is 24.8 Å². The van der Waals surface area contributed by atoms with Gasteiger partial charge in [0.2, 0.25) is 11.7 Å². The summed E-state index contributed by atoms with van der Waals surface area (Å²) in [6, 6.07) is 44.7. The van der Waals surface area contributed by atoms with E-state index in [1.807, 2.05) is 120 Å². The number of nitrogens with two attached hydrogens (primary N) is 1. The summed E-state index contributed by atoms with van der Waals surface area (Å²) >= 11 is 0. The van der Waals surface area contributed by atoms with Gasteiger partial charge in [0.25, 0.3) is 0 Å². The number of benzene rings is 5. The number of carboxylic acid groups (broad SMARTS) is 1. The molecule has 6 aromatic rings. The predicted octanol–water partition coefficient (Wildman–Crippen LogP) is 5.76. The van der Waals surface area contributed by atoms with Gasteiger partial charge in [-0.3, -0.25) is 9.59 Å². The molecule has 5 aromatic carbocycles. The SMILES string of the molecule is N[C@@H](Cc1cn(C(c2ccccc2)(c2ccccc2)c2ccccc2)c(C(=O)OCC2c3ccccc3-c3ccccc32)n1)C(=O)NCC(=O)O. The molecule has 1 atom stereocenters. The van der Waals surface area contributed by atoms with Crippen molar-refractivity contribution in [3.8, 4) is 11.1 Å². The molecule has 0 saturated carbocycles. The Bertz CT molecular complexity index is 2040. The Balaban J connectivity index is 1.35. The summed E-state index contributed by atoms with van der Waals surface area (Å²) in [6.45, 7) is -0.480. The highest BCUT2D eigenvalue weighted by Gasteiger charge is 2.42. The molecule has 0 aliphatic heterocycles. The molecule has 0 spiro atoms. The molecule has 0 saturated heterocycles. The van der Waals surface area contributed by atoms with E-state index in [1.54, 1.807) is 6.20 Å². The van der Waals surface area contributed by atoms with Gasteiger partial charge in [-0.25, -0.2) is 9.78 Å². The average Bonchev–Trinajstić information content (AvgIpc) is 3.74. The third kappa shape index (κ3) is 6.31. The molecule has 0 radical (unpaired) electrons. The molecule has 4 N–H and O–H groups in total. The van der Waals surface area contributed by atoms with Crippen molar-refractivity contribution >= 4 is 17.8 Å². The quantitative estimate of drug-likeness (QED) is 0.111. The Morgan fingerprint density at radius 1 is 0.745 bits per heavy atom.